The third-order valence-corrected chi connectivity index (χ3v) is 3.10. The van der Waals surface area contributed by atoms with Crippen molar-refractivity contribution >= 4 is 5.97 Å². The maximum atomic E-state index is 13.7. The van der Waals surface area contributed by atoms with E-state index in [4.69, 9.17) is 9.15 Å². The third-order valence-electron chi connectivity index (χ3n) is 3.10. The first-order valence-electron chi connectivity index (χ1n) is 6.62. The van der Waals surface area contributed by atoms with Crippen molar-refractivity contribution < 1.29 is 22.7 Å². The summed E-state index contributed by atoms with van der Waals surface area (Å²) in [6.45, 7) is 1.42. The van der Waals surface area contributed by atoms with Gasteiger partial charge in [0.15, 0.2) is 23.7 Å². The van der Waals surface area contributed by atoms with Crippen molar-refractivity contribution in [2.45, 2.75) is 13.5 Å². The molecule has 0 amide bonds. The molecule has 0 aliphatic carbocycles. The van der Waals surface area contributed by atoms with Crippen LogP contribution in [0.4, 0.5) is 8.78 Å². The van der Waals surface area contributed by atoms with Crippen LogP contribution in [0.25, 0.3) is 5.69 Å². The molecular formula is C15H11F2N3O3. The van der Waals surface area contributed by atoms with Gasteiger partial charge in [0.05, 0.1) is 0 Å². The maximum absolute atomic E-state index is 13.7. The van der Waals surface area contributed by atoms with Gasteiger partial charge in [0, 0.05) is 6.20 Å². The largest absolute Gasteiger partial charge is 0.454 e. The fraction of sp³-hybridized carbons (Fsp3) is 0.133. The molecule has 0 saturated carbocycles. The first-order chi connectivity index (χ1) is 11.1. The Hall–Kier alpha value is -3.03. The minimum atomic E-state index is -0.741. The molecule has 0 aliphatic heterocycles. The third kappa shape index (κ3) is 2.96. The number of carbonyl (C=O) groups is 1. The standard InChI is InChI=1S/C15H11F2N3O3/c1-9-13(18-8-23-9)15(21)22-7-10-5-6-20(19-10)14-11(16)3-2-4-12(14)17/h2-6,8H,7H2,1H3. The molecule has 3 rings (SSSR count). The van der Waals surface area contributed by atoms with Gasteiger partial charge >= 0.3 is 5.97 Å². The van der Waals surface area contributed by atoms with Crippen LogP contribution in [-0.4, -0.2) is 20.7 Å². The highest BCUT2D eigenvalue weighted by molar-refractivity contribution is 5.88. The normalized spacial score (nSPS) is 10.7. The number of hydrogen-bond donors (Lipinski definition) is 0. The number of nitrogens with zero attached hydrogens (tertiary/aromatic N) is 3. The molecule has 3 aromatic rings. The van der Waals surface area contributed by atoms with E-state index < -0.39 is 17.6 Å². The molecule has 2 aromatic heterocycles. The topological polar surface area (TPSA) is 70.2 Å². The molecule has 0 radical (unpaired) electrons. The van der Waals surface area contributed by atoms with E-state index in [0.29, 0.717) is 11.5 Å². The van der Waals surface area contributed by atoms with E-state index in [0.717, 1.165) is 23.2 Å². The van der Waals surface area contributed by atoms with Gasteiger partial charge in [-0.2, -0.15) is 5.10 Å². The Morgan fingerprint density at radius 1 is 1.30 bits per heavy atom. The maximum Gasteiger partial charge on any atom is 0.360 e. The Kier molecular flexibility index (Phi) is 3.88. The second kappa shape index (κ2) is 5.99. The van der Waals surface area contributed by atoms with E-state index in [-0.39, 0.29) is 18.0 Å². The van der Waals surface area contributed by atoms with E-state index in [1.54, 1.807) is 6.92 Å². The number of ether oxygens (including phenoxy) is 1. The number of carbonyl (C=O) groups excluding carboxylic acids is 1. The predicted molar refractivity (Wildman–Crippen MR) is 73.8 cm³/mol. The zero-order valence-corrected chi connectivity index (χ0v) is 12.0. The lowest BCUT2D eigenvalue weighted by Gasteiger charge is -2.04. The van der Waals surface area contributed by atoms with Gasteiger partial charge in [-0.15, -0.1) is 0 Å². The van der Waals surface area contributed by atoms with Crippen molar-refractivity contribution in [3.8, 4) is 5.69 Å². The van der Waals surface area contributed by atoms with Crippen LogP contribution < -0.4 is 0 Å². The molecule has 2 heterocycles. The minimum absolute atomic E-state index is 0.0737. The number of aryl methyl sites for hydroxylation is 1. The van der Waals surface area contributed by atoms with E-state index in [9.17, 15) is 13.6 Å². The van der Waals surface area contributed by atoms with Crippen molar-refractivity contribution in [2.24, 2.45) is 0 Å². The van der Waals surface area contributed by atoms with Crippen molar-refractivity contribution in [1.82, 2.24) is 14.8 Å². The summed E-state index contributed by atoms with van der Waals surface area (Å²) < 4.78 is 38.4. The number of oxazole rings is 1. The fourth-order valence-electron chi connectivity index (χ4n) is 1.98. The molecule has 118 valence electrons. The molecule has 0 spiro atoms. The Balaban J connectivity index is 1.73. The Bertz CT molecular complexity index is 837. The summed E-state index contributed by atoms with van der Waals surface area (Å²) in [6.07, 6.45) is 2.52. The molecule has 0 unspecified atom stereocenters. The zero-order chi connectivity index (χ0) is 16.4. The smallest absolute Gasteiger partial charge is 0.360 e. The predicted octanol–water partition coefficient (Wildman–Crippen LogP) is 2.80. The molecule has 0 aliphatic rings. The number of benzene rings is 1. The molecule has 8 heteroatoms. The van der Waals surface area contributed by atoms with Gasteiger partial charge in [0.1, 0.15) is 23.7 Å². The molecular weight excluding hydrogens is 308 g/mol. The van der Waals surface area contributed by atoms with Crippen LogP contribution in [0.1, 0.15) is 21.9 Å². The lowest BCUT2D eigenvalue weighted by atomic mass is 10.3. The van der Waals surface area contributed by atoms with Crippen LogP contribution in [0.3, 0.4) is 0 Å². The fourth-order valence-corrected chi connectivity index (χ4v) is 1.98. The summed E-state index contributed by atoms with van der Waals surface area (Å²) in [5, 5.41) is 3.99. The van der Waals surface area contributed by atoms with Crippen LogP contribution >= 0.6 is 0 Å². The molecule has 0 saturated heterocycles. The van der Waals surface area contributed by atoms with E-state index in [1.807, 2.05) is 0 Å². The lowest BCUT2D eigenvalue weighted by Crippen LogP contribution is -2.08. The Morgan fingerprint density at radius 3 is 2.70 bits per heavy atom. The molecule has 1 aromatic carbocycles. The number of rotatable bonds is 4. The van der Waals surface area contributed by atoms with Crippen molar-refractivity contribution in [2.75, 3.05) is 0 Å². The minimum Gasteiger partial charge on any atom is -0.454 e. The van der Waals surface area contributed by atoms with Crippen LogP contribution in [0, 0.1) is 18.6 Å². The average Bonchev–Trinajstić information content (AvgIpc) is 3.14. The van der Waals surface area contributed by atoms with Crippen molar-refractivity contribution in [3.05, 3.63) is 65.6 Å². The Labute approximate surface area is 129 Å². The summed E-state index contributed by atoms with van der Waals surface area (Å²) >= 11 is 0. The van der Waals surface area contributed by atoms with Gasteiger partial charge in [-0.05, 0) is 25.1 Å². The highest BCUT2D eigenvalue weighted by Gasteiger charge is 2.16. The van der Waals surface area contributed by atoms with Crippen molar-refractivity contribution in [3.63, 3.8) is 0 Å². The second-order valence-corrected chi connectivity index (χ2v) is 4.66. The van der Waals surface area contributed by atoms with E-state index in [2.05, 4.69) is 10.1 Å². The summed E-state index contributed by atoms with van der Waals surface area (Å²) in [7, 11) is 0. The van der Waals surface area contributed by atoms with E-state index in [1.165, 1.54) is 18.3 Å². The van der Waals surface area contributed by atoms with Gasteiger partial charge in [0.2, 0.25) is 0 Å². The first kappa shape index (κ1) is 14.9. The number of para-hydroxylation sites is 1. The highest BCUT2D eigenvalue weighted by atomic mass is 19.1. The molecule has 23 heavy (non-hydrogen) atoms. The van der Waals surface area contributed by atoms with Gasteiger partial charge < -0.3 is 9.15 Å². The SMILES string of the molecule is Cc1ocnc1C(=O)OCc1ccn(-c2c(F)cccc2F)n1. The molecule has 0 atom stereocenters. The van der Waals surface area contributed by atoms with Crippen LogP contribution in [0.2, 0.25) is 0 Å². The second-order valence-electron chi connectivity index (χ2n) is 4.66. The average molecular weight is 319 g/mol. The Morgan fingerprint density at radius 2 is 2.04 bits per heavy atom. The van der Waals surface area contributed by atoms with Gasteiger partial charge in [0.25, 0.3) is 0 Å². The lowest BCUT2D eigenvalue weighted by molar-refractivity contribution is 0.0459. The van der Waals surface area contributed by atoms with Gasteiger partial charge in [-0.25, -0.2) is 23.2 Å². The van der Waals surface area contributed by atoms with Crippen LogP contribution in [0.5, 0.6) is 0 Å². The monoisotopic (exact) mass is 319 g/mol. The quantitative estimate of drug-likeness (QED) is 0.692. The van der Waals surface area contributed by atoms with Crippen LogP contribution in [-0.2, 0) is 11.3 Å². The highest BCUT2D eigenvalue weighted by Crippen LogP contribution is 2.17. The molecule has 6 nitrogen and oxygen atoms in total. The molecule has 0 N–H and O–H groups in total. The summed E-state index contributed by atoms with van der Waals surface area (Å²) in [5.74, 6) is -1.80. The molecule has 0 bridgehead atoms. The summed E-state index contributed by atoms with van der Waals surface area (Å²) in [5.41, 5.74) is 0.115. The number of aromatic nitrogens is 3. The summed E-state index contributed by atoms with van der Waals surface area (Å²) in [6, 6.07) is 5.02. The summed E-state index contributed by atoms with van der Waals surface area (Å²) in [4.78, 5) is 15.5. The van der Waals surface area contributed by atoms with Crippen LogP contribution in [0.15, 0.2) is 41.3 Å². The first-order valence-corrected chi connectivity index (χ1v) is 6.62. The number of hydrogen-bond acceptors (Lipinski definition) is 5. The van der Waals surface area contributed by atoms with Gasteiger partial charge in [-0.1, -0.05) is 6.07 Å². The number of halogens is 2. The van der Waals surface area contributed by atoms with Crippen molar-refractivity contribution in [1.29, 1.82) is 0 Å². The number of esters is 1. The van der Waals surface area contributed by atoms with Gasteiger partial charge in [-0.3, -0.25) is 0 Å². The van der Waals surface area contributed by atoms with E-state index >= 15 is 0 Å². The molecule has 0 fully saturated rings. The zero-order valence-electron chi connectivity index (χ0n) is 12.0.